The summed E-state index contributed by atoms with van der Waals surface area (Å²) in [5.74, 6) is 5.86. The monoisotopic (exact) mass is 432 g/mol. The van der Waals surface area contributed by atoms with Crippen molar-refractivity contribution >= 4 is 27.2 Å². The first-order valence-electron chi connectivity index (χ1n) is 10.1. The minimum atomic E-state index is -3.17. The number of hydrogen-bond acceptors (Lipinski definition) is 6. The van der Waals surface area contributed by atoms with Crippen LogP contribution in [0.1, 0.15) is 38.7 Å². The van der Waals surface area contributed by atoms with Crippen LogP contribution in [-0.4, -0.2) is 32.6 Å². The molecular weight excluding hydrogens is 400 g/mol. The van der Waals surface area contributed by atoms with Crippen LogP contribution in [-0.2, 0) is 10.0 Å². The number of amidine groups is 1. The predicted octanol–water partition coefficient (Wildman–Crippen LogP) is 2.81. The van der Waals surface area contributed by atoms with Gasteiger partial charge < -0.3 is 5.32 Å². The largest absolute Gasteiger partial charge is 0.385 e. The Morgan fingerprint density at radius 1 is 1.00 bits per heavy atom. The van der Waals surface area contributed by atoms with E-state index in [-0.39, 0.29) is 5.84 Å². The molecule has 0 atom stereocenters. The number of sulfonamides is 1. The molecule has 0 spiro atoms. The minimum Gasteiger partial charge on any atom is -0.385 e. The third-order valence-corrected chi connectivity index (χ3v) is 6.48. The van der Waals surface area contributed by atoms with Gasteiger partial charge in [-0.1, -0.05) is 24.6 Å². The van der Waals surface area contributed by atoms with E-state index >= 15 is 0 Å². The van der Waals surface area contributed by atoms with Gasteiger partial charge in [-0.05, 0) is 63.1 Å². The summed E-state index contributed by atoms with van der Waals surface area (Å²) >= 11 is 0. The van der Waals surface area contributed by atoms with Gasteiger partial charge in [-0.2, -0.15) is 5.53 Å². The Labute approximate surface area is 179 Å². The molecule has 0 saturated heterocycles. The zero-order valence-electron chi connectivity index (χ0n) is 17.6. The van der Waals surface area contributed by atoms with E-state index in [1.165, 1.54) is 5.01 Å². The Kier molecular flexibility index (Phi) is 9.25. The van der Waals surface area contributed by atoms with Crippen molar-refractivity contribution in [3.8, 4) is 0 Å². The van der Waals surface area contributed by atoms with Crippen LogP contribution in [0.2, 0.25) is 0 Å². The molecule has 0 unspecified atom stereocenters. The summed E-state index contributed by atoms with van der Waals surface area (Å²) in [4.78, 5) is 0. The second-order valence-corrected chi connectivity index (χ2v) is 9.52. The van der Waals surface area contributed by atoms with Crippen LogP contribution >= 0.6 is 0 Å². The van der Waals surface area contributed by atoms with E-state index in [9.17, 15) is 8.42 Å². The number of anilines is 2. The van der Waals surface area contributed by atoms with Crippen molar-refractivity contribution in [2.75, 3.05) is 23.4 Å². The summed E-state index contributed by atoms with van der Waals surface area (Å²) < 4.78 is 26.0. The first kappa shape index (κ1) is 23.8. The number of rotatable bonds is 12. The molecule has 6 N–H and O–H groups in total. The highest BCUT2D eigenvalue weighted by Crippen LogP contribution is 2.16. The van der Waals surface area contributed by atoms with Gasteiger partial charge >= 0.3 is 0 Å². The Bertz CT molecular complexity index is 885. The van der Waals surface area contributed by atoms with Crippen molar-refractivity contribution in [3.05, 3.63) is 60.2 Å². The second kappa shape index (κ2) is 11.7. The summed E-state index contributed by atoms with van der Waals surface area (Å²) in [6.07, 6.45) is 2.69. The van der Waals surface area contributed by atoms with Crippen LogP contribution in [0, 0.1) is 5.41 Å². The summed E-state index contributed by atoms with van der Waals surface area (Å²) in [6.45, 7) is 4.62. The number of nitrogens with two attached hydrogens (primary N) is 1. The average Bonchev–Trinajstić information content (AvgIpc) is 2.74. The number of para-hydroxylation sites is 1. The van der Waals surface area contributed by atoms with Gasteiger partial charge in [0.15, 0.2) is 0 Å². The van der Waals surface area contributed by atoms with Gasteiger partial charge in [0.2, 0.25) is 10.0 Å². The van der Waals surface area contributed by atoms with E-state index in [0.29, 0.717) is 6.54 Å². The summed E-state index contributed by atoms with van der Waals surface area (Å²) in [5, 5.41) is 12.9. The average molecular weight is 433 g/mol. The van der Waals surface area contributed by atoms with E-state index in [4.69, 9.17) is 11.3 Å². The molecule has 2 rings (SSSR count). The molecule has 0 aliphatic heterocycles. The molecule has 0 aliphatic carbocycles. The van der Waals surface area contributed by atoms with E-state index < -0.39 is 15.3 Å². The number of nitrogens with zero attached hydrogens (tertiary/aromatic N) is 1. The minimum absolute atomic E-state index is 0.249. The topological polar surface area (TPSA) is 123 Å². The smallest absolute Gasteiger partial charge is 0.213 e. The van der Waals surface area contributed by atoms with Gasteiger partial charge in [0, 0.05) is 24.3 Å². The molecule has 2 aromatic carbocycles. The molecule has 0 aromatic heterocycles. The molecule has 0 radical (unpaired) electrons. The van der Waals surface area contributed by atoms with Gasteiger partial charge in [0.25, 0.3) is 0 Å². The fourth-order valence-electron chi connectivity index (χ4n) is 2.76. The van der Waals surface area contributed by atoms with Crippen LogP contribution in [0.15, 0.2) is 54.6 Å². The van der Waals surface area contributed by atoms with Crippen molar-refractivity contribution in [2.24, 2.45) is 5.84 Å². The third kappa shape index (κ3) is 7.10. The van der Waals surface area contributed by atoms with Gasteiger partial charge in [-0.15, -0.1) is 0 Å². The summed E-state index contributed by atoms with van der Waals surface area (Å²) in [7, 11) is -3.17. The molecule has 2 aromatic rings. The van der Waals surface area contributed by atoms with Crippen LogP contribution in [0.3, 0.4) is 0 Å². The Hall–Kier alpha value is -2.46. The first-order valence-corrected chi connectivity index (χ1v) is 11.6. The van der Waals surface area contributed by atoms with Crippen molar-refractivity contribution in [1.82, 2.24) is 10.3 Å². The highest BCUT2D eigenvalue weighted by Gasteiger charge is 2.14. The van der Waals surface area contributed by atoms with Crippen molar-refractivity contribution in [2.45, 2.75) is 38.4 Å². The standard InChI is InChI=1S/C21H32N6O2S/c1-17(2)30(28,29)25-16-8-4-7-15-24-19-13-11-18(12-14-19)21(22)27(26-23)20-9-5-3-6-10-20/h3,5-6,9-14,17,22,24-26H,4,7-8,15-16,23H2,1-2H3. The zero-order chi connectivity index (χ0) is 22.0. The van der Waals surface area contributed by atoms with Crippen LogP contribution in [0.4, 0.5) is 11.4 Å². The van der Waals surface area contributed by atoms with Crippen molar-refractivity contribution < 1.29 is 8.42 Å². The molecule has 9 heteroatoms. The molecule has 0 amide bonds. The molecular formula is C21H32N6O2S. The normalized spacial score (nSPS) is 11.5. The molecule has 0 saturated carbocycles. The lowest BCUT2D eigenvalue weighted by molar-refractivity contribution is 0.566. The zero-order valence-corrected chi connectivity index (χ0v) is 18.4. The van der Waals surface area contributed by atoms with Gasteiger partial charge in [0.1, 0.15) is 5.84 Å². The SMILES string of the molecule is CC(C)S(=O)(=O)NCCCCCNc1ccc(C(=N)N(NN)c2ccccc2)cc1. The van der Waals surface area contributed by atoms with Crippen molar-refractivity contribution in [3.63, 3.8) is 0 Å². The van der Waals surface area contributed by atoms with Gasteiger partial charge in [-0.25, -0.2) is 18.1 Å². The quantitative estimate of drug-likeness (QED) is 0.116. The van der Waals surface area contributed by atoms with E-state index in [1.54, 1.807) is 13.8 Å². The highest BCUT2D eigenvalue weighted by atomic mass is 32.2. The van der Waals surface area contributed by atoms with E-state index in [0.717, 1.165) is 42.7 Å². The maximum Gasteiger partial charge on any atom is 0.213 e. The fraction of sp³-hybridized carbons (Fsp3) is 0.381. The lowest BCUT2D eigenvalue weighted by Gasteiger charge is -2.23. The number of benzene rings is 2. The highest BCUT2D eigenvalue weighted by molar-refractivity contribution is 7.90. The van der Waals surface area contributed by atoms with Crippen LogP contribution < -0.4 is 26.4 Å². The summed E-state index contributed by atoms with van der Waals surface area (Å²) in [6, 6.07) is 17.0. The molecule has 164 valence electrons. The molecule has 0 aliphatic rings. The Balaban J connectivity index is 1.75. The van der Waals surface area contributed by atoms with Gasteiger partial charge in [0.05, 0.1) is 10.9 Å². The number of unbranched alkanes of at least 4 members (excludes halogenated alkanes) is 2. The third-order valence-electron chi connectivity index (χ3n) is 4.63. The lowest BCUT2D eigenvalue weighted by Crippen LogP contribution is -2.47. The van der Waals surface area contributed by atoms with E-state index in [1.807, 2.05) is 54.6 Å². The van der Waals surface area contributed by atoms with Crippen molar-refractivity contribution in [1.29, 1.82) is 5.41 Å². The van der Waals surface area contributed by atoms with Gasteiger partial charge in [-0.3, -0.25) is 11.3 Å². The number of hydrazine groups is 2. The van der Waals surface area contributed by atoms with E-state index in [2.05, 4.69) is 15.6 Å². The summed E-state index contributed by atoms with van der Waals surface area (Å²) in [5.41, 5.74) is 5.04. The van der Waals surface area contributed by atoms with Crippen LogP contribution in [0.5, 0.6) is 0 Å². The molecule has 0 fully saturated rings. The lowest BCUT2D eigenvalue weighted by atomic mass is 10.1. The maximum atomic E-state index is 11.7. The molecule has 8 nitrogen and oxygen atoms in total. The Morgan fingerprint density at radius 2 is 1.63 bits per heavy atom. The number of hydrogen-bond donors (Lipinski definition) is 5. The molecule has 0 heterocycles. The maximum absolute atomic E-state index is 11.7. The van der Waals surface area contributed by atoms with Crippen LogP contribution in [0.25, 0.3) is 0 Å². The molecule has 30 heavy (non-hydrogen) atoms. The second-order valence-electron chi connectivity index (χ2n) is 7.20. The number of nitrogens with one attached hydrogen (secondary N) is 4. The fourth-order valence-corrected chi connectivity index (χ4v) is 3.52. The first-order chi connectivity index (χ1) is 14.3. The predicted molar refractivity (Wildman–Crippen MR) is 124 cm³/mol. The molecule has 0 bridgehead atoms. The Morgan fingerprint density at radius 3 is 2.23 bits per heavy atom.